The Labute approximate surface area is 276 Å². The van der Waals surface area contributed by atoms with Crippen LogP contribution < -0.4 is 4.90 Å². The minimum Gasteiger partial charge on any atom is -0.454 e. The van der Waals surface area contributed by atoms with Gasteiger partial charge in [-0.2, -0.15) is 0 Å². The molecule has 0 N–H and O–H groups in total. The van der Waals surface area contributed by atoms with E-state index in [0.717, 1.165) is 88.2 Å². The lowest BCUT2D eigenvalue weighted by Crippen LogP contribution is -2.16. The number of aromatic nitrogens is 2. The van der Waals surface area contributed by atoms with Crippen LogP contribution in [0.1, 0.15) is 68.2 Å². The minimum atomic E-state index is 0.326. The average molecular weight is 612 g/mol. The molecular weight excluding hydrogens is 574 g/mol. The second-order valence-corrected chi connectivity index (χ2v) is 13.1. The van der Waals surface area contributed by atoms with E-state index in [1.165, 1.54) is 41.5 Å². The molecule has 4 aliphatic rings. The first-order chi connectivity index (χ1) is 23.2. The van der Waals surface area contributed by atoms with Crippen molar-refractivity contribution >= 4 is 34.4 Å². The largest absolute Gasteiger partial charge is 0.454 e. The molecule has 0 spiro atoms. The van der Waals surface area contributed by atoms with Crippen molar-refractivity contribution in [3.8, 4) is 33.7 Å². The van der Waals surface area contributed by atoms with Crippen LogP contribution >= 0.6 is 0 Å². The van der Waals surface area contributed by atoms with Crippen LogP contribution in [0.15, 0.2) is 114 Å². The maximum atomic E-state index is 6.77. The van der Waals surface area contributed by atoms with Crippen LogP contribution in [0, 0.1) is 5.92 Å². The molecule has 3 heterocycles. The Hall–Kier alpha value is -5.22. The third kappa shape index (κ3) is 4.82. The Balaban J connectivity index is 1.29. The number of allylic oxidation sites excluding steroid dienone is 7. The van der Waals surface area contributed by atoms with Gasteiger partial charge in [-0.05, 0) is 85.3 Å². The molecule has 9 rings (SSSR count). The Morgan fingerprint density at radius 1 is 0.787 bits per heavy atom. The van der Waals surface area contributed by atoms with Gasteiger partial charge in [-0.1, -0.05) is 104 Å². The standard InChI is InChI=1S/C43H37N3O/c1-28-13-5-6-16-32(28)43-44-37(31-25-23-30(24-26-31)29-14-3-2-4-15-29)27-40(45-43)46-38-21-11-9-18-34(38)33-17-7-8-19-35(33)42-41(46)36-20-10-12-22-39(36)47-42/h5-9,11-12,14,16-19,21-28H,2-4,10,13,15,20H2,1H3. The monoisotopic (exact) mass is 611 g/mol. The van der Waals surface area contributed by atoms with E-state index < -0.39 is 0 Å². The van der Waals surface area contributed by atoms with Gasteiger partial charge in [0.2, 0.25) is 0 Å². The highest BCUT2D eigenvalue weighted by atomic mass is 16.3. The highest BCUT2D eigenvalue weighted by molar-refractivity contribution is 6.02. The number of benzene rings is 3. The van der Waals surface area contributed by atoms with Crippen LogP contribution in [-0.2, 0) is 6.42 Å². The van der Waals surface area contributed by atoms with E-state index in [9.17, 15) is 0 Å². The molecule has 1 unspecified atom stereocenters. The van der Waals surface area contributed by atoms with Gasteiger partial charge >= 0.3 is 0 Å². The van der Waals surface area contributed by atoms with Crippen LogP contribution in [0.2, 0.25) is 0 Å². The summed E-state index contributed by atoms with van der Waals surface area (Å²) in [4.78, 5) is 13.1. The van der Waals surface area contributed by atoms with Gasteiger partial charge in [0.15, 0.2) is 11.6 Å². The van der Waals surface area contributed by atoms with Crippen molar-refractivity contribution in [2.45, 2.75) is 51.9 Å². The van der Waals surface area contributed by atoms with E-state index in [0.29, 0.717) is 5.92 Å². The first-order valence-electron chi connectivity index (χ1n) is 17.1. The van der Waals surface area contributed by atoms with E-state index in [1.807, 2.05) is 0 Å². The van der Waals surface area contributed by atoms with E-state index in [-0.39, 0.29) is 0 Å². The summed E-state index contributed by atoms with van der Waals surface area (Å²) in [5, 5.41) is 0. The molecular formula is C43H37N3O. The Bertz CT molecular complexity index is 2140. The van der Waals surface area contributed by atoms with Crippen molar-refractivity contribution in [1.29, 1.82) is 0 Å². The van der Waals surface area contributed by atoms with Crippen molar-refractivity contribution in [2.24, 2.45) is 5.92 Å². The van der Waals surface area contributed by atoms with Crippen molar-refractivity contribution in [1.82, 2.24) is 9.97 Å². The smallest absolute Gasteiger partial charge is 0.159 e. The summed E-state index contributed by atoms with van der Waals surface area (Å²) in [6.45, 7) is 2.27. The summed E-state index contributed by atoms with van der Waals surface area (Å²) in [6.07, 6.45) is 21.1. The van der Waals surface area contributed by atoms with Gasteiger partial charge in [-0.15, -0.1) is 0 Å². The lowest BCUT2D eigenvalue weighted by molar-refractivity contribution is 0.565. The zero-order valence-corrected chi connectivity index (χ0v) is 26.7. The summed E-state index contributed by atoms with van der Waals surface area (Å²) >= 11 is 0. The van der Waals surface area contributed by atoms with Gasteiger partial charge in [0.05, 0.1) is 17.1 Å². The van der Waals surface area contributed by atoms with Crippen molar-refractivity contribution in [3.05, 3.63) is 132 Å². The molecule has 4 heteroatoms. The third-order valence-corrected chi connectivity index (χ3v) is 10.1. The van der Waals surface area contributed by atoms with Crippen LogP contribution in [-0.4, -0.2) is 9.97 Å². The van der Waals surface area contributed by atoms with Gasteiger partial charge < -0.3 is 4.42 Å². The first kappa shape index (κ1) is 28.0. The molecule has 4 nitrogen and oxygen atoms in total. The number of fused-ring (bicyclic) bond motifs is 7. The normalized spacial score (nSPS) is 18.0. The number of rotatable bonds is 4. The zero-order chi connectivity index (χ0) is 31.3. The first-order valence-corrected chi connectivity index (χ1v) is 17.1. The quantitative estimate of drug-likeness (QED) is 0.199. The maximum Gasteiger partial charge on any atom is 0.159 e. The number of anilines is 3. The predicted molar refractivity (Wildman–Crippen MR) is 194 cm³/mol. The minimum absolute atomic E-state index is 0.326. The summed E-state index contributed by atoms with van der Waals surface area (Å²) in [7, 11) is 0. The number of furan rings is 1. The molecule has 230 valence electrons. The molecule has 2 aromatic heterocycles. The highest BCUT2D eigenvalue weighted by Crippen LogP contribution is 2.54. The predicted octanol–water partition coefficient (Wildman–Crippen LogP) is 11.7. The molecule has 5 aromatic rings. The second kappa shape index (κ2) is 11.5. The number of nitrogens with zero attached hydrogens (tertiary/aromatic N) is 3. The lowest BCUT2D eigenvalue weighted by Gasteiger charge is -2.27. The van der Waals surface area contributed by atoms with Gasteiger partial charge in [-0.25, -0.2) is 9.97 Å². The van der Waals surface area contributed by atoms with Crippen LogP contribution in [0.25, 0.3) is 50.9 Å². The molecule has 1 aliphatic heterocycles. The molecule has 0 saturated carbocycles. The molecule has 3 aliphatic carbocycles. The molecule has 1 atom stereocenters. The van der Waals surface area contributed by atoms with Gasteiger partial charge in [-0.3, -0.25) is 4.90 Å². The molecule has 3 aromatic carbocycles. The Kier molecular flexibility index (Phi) is 6.88. The maximum absolute atomic E-state index is 6.77. The SMILES string of the molecule is CC1CC=CC=C1c1nc(-c2ccc(C3=CCCCC3)cc2)cc(N2c3ccccc3-c3ccccc3-c3oc4c(c32)CCC=C4)n1. The van der Waals surface area contributed by atoms with Gasteiger partial charge in [0.25, 0.3) is 0 Å². The van der Waals surface area contributed by atoms with Crippen molar-refractivity contribution < 1.29 is 4.42 Å². The van der Waals surface area contributed by atoms with Gasteiger partial charge in [0, 0.05) is 28.3 Å². The zero-order valence-electron chi connectivity index (χ0n) is 26.7. The topological polar surface area (TPSA) is 42.2 Å². The van der Waals surface area contributed by atoms with E-state index in [2.05, 4.69) is 127 Å². The molecule has 0 saturated heterocycles. The van der Waals surface area contributed by atoms with Crippen molar-refractivity contribution in [2.75, 3.05) is 4.90 Å². The Morgan fingerprint density at radius 2 is 1.60 bits per heavy atom. The summed E-state index contributed by atoms with van der Waals surface area (Å²) in [5.74, 6) is 3.80. The highest BCUT2D eigenvalue weighted by Gasteiger charge is 2.34. The second-order valence-electron chi connectivity index (χ2n) is 13.1. The molecule has 0 bridgehead atoms. The molecule has 47 heavy (non-hydrogen) atoms. The summed E-state index contributed by atoms with van der Waals surface area (Å²) in [6, 6.07) is 28.5. The Morgan fingerprint density at radius 3 is 2.43 bits per heavy atom. The van der Waals surface area contributed by atoms with Crippen LogP contribution in [0.5, 0.6) is 0 Å². The van der Waals surface area contributed by atoms with Crippen molar-refractivity contribution in [3.63, 3.8) is 0 Å². The lowest BCUT2D eigenvalue weighted by atomic mass is 9.92. The molecule has 0 radical (unpaired) electrons. The fraction of sp³-hybridized carbons (Fsp3) is 0.209. The van der Waals surface area contributed by atoms with Crippen LogP contribution in [0.3, 0.4) is 0 Å². The molecule has 0 amide bonds. The number of para-hydroxylation sites is 1. The summed E-state index contributed by atoms with van der Waals surface area (Å²) in [5.41, 5.74) is 12.8. The van der Waals surface area contributed by atoms with Crippen LogP contribution in [0.4, 0.5) is 17.2 Å². The van der Waals surface area contributed by atoms with E-state index in [4.69, 9.17) is 14.4 Å². The average Bonchev–Trinajstić information content (AvgIpc) is 3.46. The van der Waals surface area contributed by atoms with E-state index >= 15 is 0 Å². The van der Waals surface area contributed by atoms with E-state index in [1.54, 1.807) is 0 Å². The third-order valence-electron chi connectivity index (χ3n) is 10.1. The fourth-order valence-corrected chi connectivity index (χ4v) is 7.68. The number of hydrogen-bond acceptors (Lipinski definition) is 4. The fourth-order valence-electron chi connectivity index (χ4n) is 7.68. The molecule has 0 fully saturated rings. The summed E-state index contributed by atoms with van der Waals surface area (Å²) < 4.78 is 6.77. The van der Waals surface area contributed by atoms with Gasteiger partial charge in [0.1, 0.15) is 11.6 Å². The number of hydrogen-bond donors (Lipinski definition) is 0.